The van der Waals surface area contributed by atoms with Gasteiger partial charge in [-0.2, -0.15) is 13.2 Å². The van der Waals surface area contributed by atoms with Crippen LogP contribution in [0.15, 0.2) is 0 Å². The van der Waals surface area contributed by atoms with E-state index < -0.39 is 36.6 Å². The third-order valence-corrected chi connectivity index (χ3v) is 2.95. The molecule has 0 amide bonds. The fraction of sp³-hybridized carbons (Fsp3) is 1.00. The van der Waals surface area contributed by atoms with Crippen LogP contribution >= 0.6 is 0 Å². The number of aliphatic hydroxyl groups excluding tert-OH is 2. The van der Waals surface area contributed by atoms with E-state index in [1.165, 1.54) is 0 Å². The maximum atomic E-state index is 13.4. The number of alkyl halides is 5. The summed E-state index contributed by atoms with van der Waals surface area (Å²) < 4.78 is 62.8. The van der Waals surface area contributed by atoms with E-state index in [0.717, 1.165) is 7.11 Å². The molecule has 110 valence electrons. The lowest BCUT2D eigenvalue weighted by atomic mass is 9.78. The highest BCUT2D eigenvalue weighted by atomic mass is 19.4. The Balaban J connectivity index is 0.00000137. The van der Waals surface area contributed by atoms with Crippen LogP contribution in [0.3, 0.4) is 0 Å². The van der Waals surface area contributed by atoms with Gasteiger partial charge in [-0.1, -0.05) is 19.3 Å². The zero-order valence-electron chi connectivity index (χ0n) is 9.84. The van der Waals surface area contributed by atoms with Crippen molar-refractivity contribution in [3.63, 3.8) is 0 Å². The van der Waals surface area contributed by atoms with Crippen molar-refractivity contribution in [3.8, 4) is 0 Å². The summed E-state index contributed by atoms with van der Waals surface area (Å²) in [5, 5.41) is 25.1. The first kappa shape index (κ1) is 17.5. The van der Waals surface area contributed by atoms with Gasteiger partial charge in [-0.25, -0.2) is 8.78 Å². The maximum Gasteiger partial charge on any atom is 0.420 e. The Morgan fingerprint density at radius 3 is 1.67 bits per heavy atom. The highest BCUT2D eigenvalue weighted by Gasteiger charge is 2.65. The van der Waals surface area contributed by atoms with E-state index in [9.17, 15) is 27.1 Å². The van der Waals surface area contributed by atoms with Crippen LogP contribution in [-0.2, 0) is 0 Å². The Labute approximate surface area is 101 Å². The van der Waals surface area contributed by atoms with Crippen molar-refractivity contribution in [2.75, 3.05) is 7.11 Å². The minimum absolute atomic E-state index is 0.233. The van der Waals surface area contributed by atoms with E-state index in [-0.39, 0.29) is 12.8 Å². The molecule has 0 spiro atoms. The van der Waals surface area contributed by atoms with E-state index in [0.29, 0.717) is 6.42 Å². The second-order valence-electron chi connectivity index (χ2n) is 4.16. The molecule has 0 radical (unpaired) electrons. The average Bonchev–Trinajstić information content (AvgIpc) is 2.30. The van der Waals surface area contributed by atoms with Crippen molar-refractivity contribution in [1.29, 1.82) is 0 Å². The first-order chi connectivity index (χ1) is 8.11. The topological polar surface area (TPSA) is 60.7 Å². The molecular weight excluding hydrogens is 263 g/mol. The lowest BCUT2D eigenvalue weighted by molar-refractivity contribution is -0.318. The maximum absolute atomic E-state index is 13.4. The van der Waals surface area contributed by atoms with Gasteiger partial charge in [-0.15, -0.1) is 0 Å². The molecule has 1 aliphatic carbocycles. The molecule has 8 heteroatoms. The number of rotatable bonds is 2. The second kappa shape index (κ2) is 6.12. The molecule has 0 aromatic heterocycles. The fourth-order valence-corrected chi connectivity index (χ4v) is 1.93. The van der Waals surface area contributed by atoms with Crippen LogP contribution < -0.4 is 0 Å². The van der Waals surface area contributed by atoms with Gasteiger partial charge in [0.1, 0.15) is 5.60 Å². The van der Waals surface area contributed by atoms with Gasteiger partial charge in [-0.05, 0) is 12.8 Å². The minimum atomic E-state index is -5.43. The molecule has 0 heterocycles. The zero-order chi connectivity index (χ0) is 14.6. The Bertz CT molecular complexity index is 248. The highest BCUT2D eigenvalue weighted by molar-refractivity contribution is 5.01. The summed E-state index contributed by atoms with van der Waals surface area (Å²) in [6, 6.07) is 0. The van der Waals surface area contributed by atoms with E-state index in [2.05, 4.69) is 0 Å². The predicted molar refractivity (Wildman–Crippen MR) is 53.2 cm³/mol. The largest absolute Gasteiger partial charge is 0.420 e. The summed E-state index contributed by atoms with van der Waals surface area (Å²) >= 11 is 0. The van der Waals surface area contributed by atoms with Crippen molar-refractivity contribution < 1.29 is 37.3 Å². The molecule has 0 bridgehead atoms. The van der Waals surface area contributed by atoms with Gasteiger partial charge in [0, 0.05) is 7.11 Å². The molecule has 3 N–H and O–H groups in total. The molecule has 1 saturated carbocycles. The molecule has 1 fully saturated rings. The summed E-state index contributed by atoms with van der Waals surface area (Å²) in [6.45, 7) is 0. The molecular formula is C10H17F5O3. The molecule has 3 nitrogen and oxygen atoms in total. The predicted octanol–water partition coefficient (Wildman–Crippen LogP) is 1.85. The monoisotopic (exact) mass is 280 g/mol. The van der Waals surface area contributed by atoms with Crippen molar-refractivity contribution in [2.45, 2.75) is 55.9 Å². The van der Waals surface area contributed by atoms with Crippen LogP contribution in [0.2, 0.25) is 0 Å². The van der Waals surface area contributed by atoms with E-state index >= 15 is 0 Å². The van der Waals surface area contributed by atoms with Crippen LogP contribution in [0.4, 0.5) is 22.0 Å². The van der Waals surface area contributed by atoms with Gasteiger partial charge in [0.15, 0.2) is 0 Å². The molecule has 0 aliphatic heterocycles. The summed E-state index contributed by atoms with van der Waals surface area (Å²) in [7, 11) is 1.00. The minimum Gasteiger partial charge on any atom is -0.400 e. The molecule has 0 aromatic rings. The number of hydrogen-bond acceptors (Lipinski definition) is 3. The molecule has 0 saturated heterocycles. The number of halogens is 5. The van der Waals surface area contributed by atoms with Crippen LogP contribution in [0.5, 0.6) is 0 Å². The normalized spacial score (nSPS) is 21.8. The van der Waals surface area contributed by atoms with Crippen LogP contribution in [-0.4, -0.2) is 46.2 Å². The first-order valence-electron chi connectivity index (χ1n) is 5.41. The Hall–Kier alpha value is -0.470. The van der Waals surface area contributed by atoms with Crippen molar-refractivity contribution in [2.24, 2.45) is 0 Å². The van der Waals surface area contributed by atoms with Gasteiger partial charge in [0.05, 0.1) is 0 Å². The molecule has 1 unspecified atom stereocenters. The van der Waals surface area contributed by atoms with E-state index in [1.807, 2.05) is 0 Å². The van der Waals surface area contributed by atoms with Crippen molar-refractivity contribution >= 4 is 0 Å². The number of hydrogen-bond donors (Lipinski definition) is 3. The average molecular weight is 280 g/mol. The van der Waals surface area contributed by atoms with E-state index in [1.54, 1.807) is 0 Å². The first-order valence-corrected chi connectivity index (χ1v) is 5.41. The Kier molecular flexibility index (Phi) is 5.96. The fourth-order valence-electron chi connectivity index (χ4n) is 1.93. The second-order valence-corrected chi connectivity index (χ2v) is 4.16. The van der Waals surface area contributed by atoms with Crippen LogP contribution in [0.1, 0.15) is 32.1 Å². The van der Waals surface area contributed by atoms with Gasteiger partial charge < -0.3 is 15.3 Å². The third kappa shape index (κ3) is 3.52. The molecule has 1 aliphatic rings. The smallest absolute Gasteiger partial charge is 0.400 e. The lowest BCUT2D eigenvalue weighted by Crippen LogP contribution is -2.60. The highest BCUT2D eigenvalue weighted by Crippen LogP contribution is 2.46. The van der Waals surface area contributed by atoms with Gasteiger partial charge in [0.25, 0.3) is 0 Å². The third-order valence-electron chi connectivity index (χ3n) is 2.95. The molecule has 1 atom stereocenters. The summed E-state index contributed by atoms with van der Waals surface area (Å²) in [4.78, 5) is 0. The van der Waals surface area contributed by atoms with Crippen molar-refractivity contribution in [3.05, 3.63) is 0 Å². The summed E-state index contributed by atoms with van der Waals surface area (Å²) in [6.07, 6.45) is -9.03. The summed E-state index contributed by atoms with van der Waals surface area (Å²) in [5.74, 6) is -4.56. The van der Waals surface area contributed by atoms with Crippen LogP contribution in [0.25, 0.3) is 0 Å². The molecule has 18 heavy (non-hydrogen) atoms. The van der Waals surface area contributed by atoms with Crippen LogP contribution in [0, 0.1) is 0 Å². The SMILES string of the molecule is CO.OC(C(F)(F)F)C(F)(F)C1(O)CCCCC1. The zero-order valence-corrected chi connectivity index (χ0v) is 9.84. The molecule has 0 aromatic carbocycles. The lowest BCUT2D eigenvalue weighted by Gasteiger charge is -2.41. The van der Waals surface area contributed by atoms with Gasteiger partial charge in [-0.3, -0.25) is 0 Å². The van der Waals surface area contributed by atoms with E-state index in [4.69, 9.17) is 10.2 Å². The molecule has 1 rings (SSSR count). The Morgan fingerprint density at radius 1 is 0.944 bits per heavy atom. The van der Waals surface area contributed by atoms with Gasteiger partial charge >= 0.3 is 12.1 Å². The standard InChI is InChI=1S/C9H13F5O2.CH4O/c10-8(11,6(15)9(12,13)14)7(16)4-2-1-3-5-7;1-2/h6,15-16H,1-5H2;2H,1H3. The Morgan fingerprint density at radius 2 is 1.33 bits per heavy atom. The van der Waals surface area contributed by atoms with Gasteiger partial charge in [0.2, 0.25) is 6.10 Å². The number of aliphatic hydroxyl groups is 3. The summed E-state index contributed by atoms with van der Waals surface area (Å²) in [5.41, 5.74) is -2.75. The van der Waals surface area contributed by atoms with Crippen molar-refractivity contribution in [1.82, 2.24) is 0 Å². The quantitative estimate of drug-likeness (QED) is 0.676.